The summed E-state index contributed by atoms with van der Waals surface area (Å²) in [6.45, 7) is 7.47. The third-order valence-electron chi connectivity index (χ3n) is 4.14. The Kier molecular flexibility index (Phi) is 3.68. The van der Waals surface area contributed by atoms with Crippen LogP contribution in [-0.4, -0.2) is 50.8 Å². The first-order chi connectivity index (χ1) is 8.89. The Hall–Kier alpha value is -0.840. The van der Waals surface area contributed by atoms with E-state index in [-0.39, 0.29) is 5.41 Å². The zero-order chi connectivity index (χ0) is 12.3. The maximum absolute atomic E-state index is 5.58. The number of hydrogen-bond acceptors (Lipinski definition) is 4. The number of nitrogens with zero attached hydrogens (tertiary/aromatic N) is 1. The molecule has 18 heavy (non-hydrogen) atoms. The van der Waals surface area contributed by atoms with Crippen molar-refractivity contribution in [1.82, 2.24) is 10.2 Å². The Morgan fingerprint density at radius 2 is 2.11 bits per heavy atom. The average Bonchev–Trinajstić information content (AvgIpc) is 2.88. The van der Waals surface area contributed by atoms with Crippen LogP contribution in [0.4, 0.5) is 0 Å². The molecule has 3 rings (SSSR count). The van der Waals surface area contributed by atoms with Gasteiger partial charge in [0.25, 0.3) is 0 Å². The predicted molar refractivity (Wildman–Crippen MR) is 69.7 cm³/mol. The predicted octanol–water partition coefficient (Wildman–Crippen LogP) is 1.23. The minimum atomic E-state index is 0.164. The van der Waals surface area contributed by atoms with Crippen molar-refractivity contribution in [2.24, 2.45) is 0 Å². The Morgan fingerprint density at radius 3 is 2.72 bits per heavy atom. The van der Waals surface area contributed by atoms with E-state index in [1.807, 2.05) is 6.07 Å². The van der Waals surface area contributed by atoms with Crippen molar-refractivity contribution in [3.05, 3.63) is 24.2 Å². The highest BCUT2D eigenvalue weighted by molar-refractivity contribution is 5.17. The largest absolute Gasteiger partial charge is 0.469 e. The average molecular weight is 250 g/mol. The smallest absolute Gasteiger partial charge is 0.114 e. The second kappa shape index (κ2) is 5.43. The number of rotatable bonds is 5. The summed E-state index contributed by atoms with van der Waals surface area (Å²) in [5.41, 5.74) is 0.164. The van der Waals surface area contributed by atoms with Gasteiger partial charge in [0.05, 0.1) is 24.9 Å². The van der Waals surface area contributed by atoms with Gasteiger partial charge in [-0.25, -0.2) is 0 Å². The third-order valence-corrected chi connectivity index (χ3v) is 4.14. The highest BCUT2D eigenvalue weighted by Gasteiger charge is 2.42. The van der Waals surface area contributed by atoms with Crippen molar-refractivity contribution in [3.63, 3.8) is 0 Å². The van der Waals surface area contributed by atoms with Crippen molar-refractivity contribution >= 4 is 0 Å². The fourth-order valence-corrected chi connectivity index (χ4v) is 2.91. The molecule has 0 saturated carbocycles. The Bertz CT molecular complexity index is 354. The molecule has 0 spiro atoms. The van der Waals surface area contributed by atoms with Crippen molar-refractivity contribution in [1.29, 1.82) is 0 Å². The van der Waals surface area contributed by atoms with Crippen LogP contribution in [-0.2, 0) is 10.2 Å². The van der Waals surface area contributed by atoms with E-state index in [1.54, 1.807) is 6.26 Å². The molecule has 2 saturated heterocycles. The van der Waals surface area contributed by atoms with Crippen molar-refractivity contribution < 1.29 is 9.15 Å². The van der Waals surface area contributed by atoms with Crippen LogP contribution in [0.15, 0.2) is 22.8 Å². The van der Waals surface area contributed by atoms with Gasteiger partial charge in [0, 0.05) is 26.2 Å². The molecule has 4 heteroatoms. The molecule has 100 valence electrons. The van der Waals surface area contributed by atoms with E-state index in [9.17, 15) is 0 Å². The lowest BCUT2D eigenvalue weighted by Gasteiger charge is -2.40. The number of nitrogens with one attached hydrogen (secondary N) is 1. The Balaban J connectivity index is 1.49. The van der Waals surface area contributed by atoms with Crippen LogP contribution >= 0.6 is 0 Å². The maximum Gasteiger partial charge on any atom is 0.114 e. The second-order valence-electron chi connectivity index (χ2n) is 5.45. The summed E-state index contributed by atoms with van der Waals surface area (Å²) in [6, 6.07) is 4.07. The third kappa shape index (κ3) is 2.46. The minimum absolute atomic E-state index is 0.164. The monoisotopic (exact) mass is 250 g/mol. The number of ether oxygens (including phenoxy) is 1. The molecule has 2 aliphatic rings. The lowest BCUT2D eigenvalue weighted by atomic mass is 9.79. The molecule has 1 N–H and O–H groups in total. The van der Waals surface area contributed by atoms with Gasteiger partial charge in [0.2, 0.25) is 0 Å². The van der Waals surface area contributed by atoms with E-state index in [1.165, 1.54) is 32.5 Å². The van der Waals surface area contributed by atoms with Crippen LogP contribution in [0, 0.1) is 0 Å². The van der Waals surface area contributed by atoms with Crippen LogP contribution in [0.1, 0.15) is 18.6 Å². The van der Waals surface area contributed by atoms with Crippen LogP contribution in [0.2, 0.25) is 0 Å². The molecule has 1 aromatic heterocycles. The molecule has 2 aliphatic heterocycles. The van der Waals surface area contributed by atoms with E-state index in [0.29, 0.717) is 0 Å². The lowest BCUT2D eigenvalue weighted by Crippen LogP contribution is -2.48. The van der Waals surface area contributed by atoms with Gasteiger partial charge in [-0.05, 0) is 31.5 Å². The van der Waals surface area contributed by atoms with Crippen LogP contribution in [0.3, 0.4) is 0 Å². The summed E-state index contributed by atoms with van der Waals surface area (Å²) >= 11 is 0. The summed E-state index contributed by atoms with van der Waals surface area (Å²) < 4.78 is 11.0. The summed E-state index contributed by atoms with van der Waals surface area (Å²) in [5.74, 6) is 1.11. The molecule has 0 aliphatic carbocycles. The van der Waals surface area contributed by atoms with Gasteiger partial charge in [-0.3, -0.25) is 0 Å². The SMILES string of the molecule is c1coc(C2(CCCN3CCNCC3)COC2)c1. The Morgan fingerprint density at radius 1 is 1.28 bits per heavy atom. The van der Waals surface area contributed by atoms with Gasteiger partial charge in [0.15, 0.2) is 0 Å². The standard InChI is InChI=1S/C14H22N2O2/c1-3-13(18-10-1)14(11-17-12-14)4-2-7-16-8-5-15-6-9-16/h1,3,10,15H,2,4-9,11-12H2. The van der Waals surface area contributed by atoms with Crippen molar-refractivity contribution in [2.45, 2.75) is 18.3 Å². The highest BCUT2D eigenvalue weighted by Crippen LogP contribution is 2.37. The lowest BCUT2D eigenvalue weighted by molar-refractivity contribution is -0.0758. The topological polar surface area (TPSA) is 37.6 Å². The van der Waals surface area contributed by atoms with Crippen LogP contribution in [0.25, 0.3) is 0 Å². The first kappa shape index (κ1) is 12.2. The van der Waals surface area contributed by atoms with E-state index in [2.05, 4.69) is 16.3 Å². The maximum atomic E-state index is 5.58. The molecule has 0 aromatic carbocycles. The molecule has 0 unspecified atom stereocenters. The number of hydrogen-bond donors (Lipinski definition) is 1. The zero-order valence-electron chi connectivity index (χ0n) is 10.9. The first-order valence-electron chi connectivity index (χ1n) is 6.94. The minimum Gasteiger partial charge on any atom is -0.469 e. The molecular weight excluding hydrogens is 228 g/mol. The molecule has 0 atom stereocenters. The zero-order valence-corrected chi connectivity index (χ0v) is 10.9. The van der Waals surface area contributed by atoms with E-state index in [0.717, 1.165) is 32.1 Å². The van der Waals surface area contributed by atoms with Gasteiger partial charge in [-0.1, -0.05) is 0 Å². The first-order valence-corrected chi connectivity index (χ1v) is 6.94. The number of piperazine rings is 1. The van der Waals surface area contributed by atoms with Crippen molar-refractivity contribution in [3.8, 4) is 0 Å². The Labute approximate surface area is 108 Å². The van der Waals surface area contributed by atoms with Gasteiger partial charge in [-0.15, -0.1) is 0 Å². The van der Waals surface area contributed by atoms with E-state index in [4.69, 9.17) is 9.15 Å². The van der Waals surface area contributed by atoms with E-state index < -0.39 is 0 Å². The highest BCUT2D eigenvalue weighted by atomic mass is 16.5. The van der Waals surface area contributed by atoms with Gasteiger partial charge in [-0.2, -0.15) is 0 Å². The molecule has 0 radical (unpaired) electrons. The quantitative estimate of drug-likeness (QED) is 0.853. The molecule has 2 fully saturated rings. The molecule has 0 amide bonds. The second-order valence-corrected chi connectivity index (χ2v) is 5.45. The number of furan rings is 1. The van der Waals surface area contributed by atoms with E-state index >= 15 is 0 Å². The van der Waals surface area contributed by atoms with Crippen molar-refractivity contribution in [2.75, 3.05) is 45.9 Å². The summed E-state index contributed by atoms with van der Waals surface area (Å²) in [7, 11) is 0. The summed E-state index contributed by atoms with van der Waals surface area (Å²) in [4.78, 5) is 2.55. The van der Waals surface area contributed by atoms with Gasteiger partial charge in [0.1, 0.15) is 5.76 Å². The normalized spacial score (nSPS) is 23.8. The summed E-state index contributed by atoms with van der Waals surface area (Å²) in [5, 5.41) is 3.39. The fraction of sp³-hybridized carbons (Fsp3) is 0.714. The molecule has 1 aromatic rings. The van der Waals surface area contributed by atoms with Gasteiger partial charge >= 0.3 is 0 Å². The summed E-state index contributed by atoms with van der Waals surface area (Å²) in [6.07, 6.45) is 4.17. The molecular formula is C14H22N2O2. The van der Waals surface area contributed by atoms with Crippen LogP contribution < -0.4 is 5.32 Å². The molecule has 3 heterocycles. The fourth-order valence-electron chi connectivity index (χ4n) is 2.91. The van der Waals surface area contributed by atoms with Crippen LogP contribution in [0.5, 0.6) is 0 Å². The molecule has 0 bridgehead atoms. The van der Waals surface area contributed by atoms with Gasteiger partial charge < -0.3 is 19.4 Å². The molecule has 4 nitrogen and oxygen atoms in total.